The average molecular weight is 259 g/mol. The van der Waals surface area contributed by atoms with Crippen molar-refractivity contribution < 1.29 is 9.53 Å². The van der Waals surface area contributed by atoms with E-state index in [1.54, 1.807) is 0 Å². The third-order valence-corrected chi connectivity index (χ3v) is 2.81. The van der Waals surface area contributed by atoms with Crippen LogP contribution in [0.5, 0.6) is 5.75 Å². The van der Waals surface area contributed by atoms with E-state index in [4.69, 9.17) is 10.00 Å². The number of hydrogen-bond acceptors (Lipinski definition) is 4. The third kappa shape index (κ3) is 4.98. The molecule has 0 saturated heterocycles. The molecule has 5 heteroatoms. The molecule has 1 aliphatic rings. The largest absolute Gasteiger partial charge is 0.484 e. The van der Waals surface area contributed by atoms with E-state index in [1.165, 1.54) is 12.8 Å². The van der Waals surface area contributed by atoms with Gasteiger partial charge >= 0.3 is 0 Å². The molecule has 1 fully saturated rings. The van der Waals surface area contributed by atoms with Crippen LogP contribution in [0.15, 0.2) is 24.3 Å². The number of nitrogens with zero attached hydrogens (tertiary/aromatic N) is 1. The number of nitriles is 1. The maximum atomic E-state index is 11.3. The Balaban J connectivity index is 1.77. The second-order valence-electron chi connectivity index (χ2n) is 4.53. The lowest BCUT2D eigenvalue weighted by atomic mass is 10.2. The zero-order valence-electron chi connectivity index (χ0n) is 10.7. The SMILES string of the molecule is N#CCNC(=O)COc1cccc(CNC2CC2)c1. The number of hydrogen-bond donors (Lipinski definition) is 2. The van der Waals surface area contributed by atoms with Gasteiger partial charge in [-0.25, -0.2) is 0 Å². The molecule has 1 aromatic rings. The van der Waals surface area contributed by atoms with Crippen molar-refractivity contribution in [3.8, 4) is 11.8 Å². The van der Waals surface area contributed by atoms with Gasteiger partial charge in [-0.05, 0) is 30.5 Å². The summed E-state index contributed by atoms with van der Waals surface area (Å²) in [5, 5.41) is 14.2. The van der Waals surface area contributed by atoms with Gasteiger partial charge in [0.05, 0.1) is 6.07 Å². The van der Waals surface area contributed by atoms with Crippen LogP contribution in [0.3, 0.4) is 0 Å². The number of rotatable bonds is 7. The van der Waals surface area contributed by atoms with Crippen molar-refractivity contribution in [2.45, 2.75) is 25.4 Å². The highest BCUT2D eigenvalue weighted by Crippen LogP contribution is 2.20. The lowest BCUT2D eigenvalue weighted by Crippen LogP contribution is -2.29. The van der Waals surface area contributed by atoms with Gasteiger partial charge in [0, 0.05) is 12.6 Å². The molecular formula is C14H17N3O2. The van der Waals surface area contributed by atoms with Gasteiger partial charge in [-0.1, -0.05) is 12.1 Å². The minimum absolute atomic E-state index is 0.00748. The van der Waals surface area contributed by atoms with Gasteiger partial charge in [0.1, 0.15) is 12.3 Å². The quantitative estimate of drug-likeness (QED) is 0.715. The van der Waals surface area contributed by atoms with E-state index in [2.05, 4.69) is 10.6 Å². The van der Waals surface area contributed by atoms with Gasteiger partial charge in [0.15, 0.2) is 6.61 Å². The van der Waals surface area contributed by atoms with Crippen LogP contribution < -0.4 is 15.4 Å². The number of amides is 1. The Morgan fingerprint density at radius 1 is 1.47 bits per heavy atom. The van der Waals surface area contributed by atoms with Crippen molar-refractivity contribution >= 4 is 5.91 Å². The Bertz CT molecular complexity index is 478. The van der Waals surface area contributed by atoms with Gasteiger partial charge in [-0.2, -0.15) is 5.26 Å². The predicted octanol–water partition coefficient (Wildman–Crippen LogP) is 0.957. The van der Waals surface area contributed by atoms with Crippen LogP contribution in [0, 0.1) is 11.3 Å². The fourth-order valence-electron chi connectivity index (χ4n) is 1.63. The van der Waals surface area contributed by atoms with Crippen molar-refractivity contribution in [2.24, 2.45) is 0 Å². The second kappa shape index (κ2) is 6.76. The first-order valence-electron chi connectivity index (χ1n) is 6.36. The molecule has 0 unspecified atom stereocenters. The molecule has 5 nitrogen and oxygen atoms in total. The van der Waals surface area contributed by atoms with Gasteiger partial charge in [0.25, 0.3) is 5.91 Å². The molecule has 1 amide bonds. The monoisotopic (exact) mass is 259 g/mol. The van der Waals surface area contributed by atoms with Crippen LogP contribution >= 0.6 is 0 Å². The molecule has 0 atom stereocenters. The van der Waals surface area contributed by atoms with Gasteiger partial charge in [0.2, 0.25) is 0 Å². The van der Waals surface area contributed by atoms with Gasteiger partial charge in [-0.15, -0.1) is 0 Å². The highest BCUT2D eigenvalue weighted by atomic mass is 16.5. The van der Waals surface area contributed by atoms with Crippen molar-refractivity contribution in [1.29, 1.82) is 5.26 Å². The van der Waals surface area contributed by atoms with Crippen LogP contribution in [0.2, 0.25) is 0 Å². The highest BCUT2D eigenvalue weighted by molar-refractivity contribution is 5.77. The van der Waals surface area contributed by atoms with E-state index in [1.807, 2.05) is 30.3 Å². The molecule has 100 valence electrons. The molecule has 19 heavy (non-hydrogen) atoms. The average Bonchev–Trinajstić information content (AvgIpc) is 3.25. The van der Waals surface area contributed by atoms with Crippen LogP contribution in [-0.4, -0.2) is 25.1 Å². The van der Waals surface area contributed by atoms with Crippen LogP contribution in [0.4, 0.5) is 0 Å². The molecule has 2 rings (SSSR count). The summed E-state index contributed by atoms with van der Waals surface area (Å²) < 4.78 is 5.38. The van der Waals surface area contributed by atoms with E-state index < -0.39 is 0 Å². The summed E-state index contributed by atoms with van der Waals surface area (Å²) in [6, 6.07) is 10.2. The van der Waals surface area contributed by atoms with Crippen LogP contribution in [-0.2, 0) is 11.3 Å². The summed E-state index contributed by atoms with van der Waals surface area (Å²) in [6.45, 7) is 0.761. The van der Waals surface area contributed by atoms with Crippen LogP contribution in [0.25, 0.3) is 0 Å². The summed E-state index contributed by atoms with van der Waals surface area (Å²) in [6.07, 6.45) is 2.52. The molecule has 0 spiro atoms. The Labute approximate surface area is 112 Å². The topological polar surface area (TPSA) is 74.2 Å². The fraction of sp³-hybridized carbons (Fsp3) is 0.429. The molecule has 0 aromatic heterocycles. The van der Waals surface area contributed by atoms with E-state index in [0.29, 0.717) is 11.8 Å². The smallest absolute Gasteiger partial charge is 0.258 e. The zero-order valence-corrected chi connectivity index (χ0v) is 10.7. The lowest BCUT2D eigenvalue weighted by molar-refractivity contribution is -0.122. The Morgan fingerprint density at radius 3 is 3.05 bits per heavy atom. The van der Waals surface area contributed by atoms with E-state index in [0.717, 1.165) is 12.1 Å². The molecule has 0 aliphatic heterocycles. The summed E-state index contributed by atoms with van der Waals surface area (Å²) in [5.74, 6) is 0.380. The molecule has 1 saturated carbocycles. The van der Waals surface area contributed by atoms with Crippen molar-refractivity contribution in [1.82, 2.24) is 10.6 Å². The number of ether oxygens (including phenoxy) is 1. The number of nitrogens with one attached hydrogen (secondary N) is 2. The molecule has 2 N–H and O–H groups in total. The van der Waals surface area contributed by atoms with E-state index in [9.17, 15) is 4.79 Å². The zero-order chi connectivity index (χ0) is 13.5. The molecule has 0 heterocycles. The maximum absolute atomic E-state index is 11.3. The normalized spacial score (nSPS) is 13.6. The molecule has 1 aliphatic carbocycles. The van der Waals surface area contributed by atoms with Crippen molar-refractivity contribution in [3.63, 3.8) is 0 Å². The number of carbonyl (C=O) groups is 1. The Morgan fingerprint density at radius 2 is 2.32 bits per heavy atom. The lowest BCUT2D eigenvalue weighted by Gasteiger charge is -2.08. The Hall–Kier alpha value is -2.06. The highest BCUT2D eigenvalue weighted by Gasteiger charge is 2.19. The number of carbonyl (C=O) groups excluding carboxylic acids is 1. The summed E-state index contributed by atoms with van der Waals surface area (Å²) in [5.41, 5.74) is 1.14. The second-order valence-corrected chi connectivity index (χ2v) is 4.53. The Kier molecular flexibility index (Phi) is 4.76. The van der Waals surface area contributed by atoms with Crippen molar-refractivity contribution in [2.75, 3.05) is 13.2 Å². The molecule has 1 aromatic carbocycles. The summed E-state index contributed by atoms with van der Waals surface area (Å²) >= 11 is 0. The first-order valence-corrected chi connectivity index (χ1v) is 6.36. The minimum Gasteiger partial charge on any atom is -0.484 e. The third-order valence-electron chi connectivity index (χ3n) is 2.81. The van der Waals surface area contributed by atoms with Crippen molar-refractivity contribution in [3.05, 3.63) is 29.8 Å². The summed E-state index contributed by atoms with van der Waals surface area (Å²) in [4.78, 5) is 11.3. The molecule has 0 radical (unpaired) electrons. The van der Waals surface area contributed by atoms with E-state index in [-0.39, 0.29) is 19.1 Å². The standard InChI is InChI=1S/C14H17N3O2/c15-6-7-16-14(18)10-19-13-3-1-2-11(8-13)9-17-12-4-5-12/h1-3,8,12,17H,4-5,7,9-10H2,(H,16,18). The minimum atomic E-state index is -0.289. The fourth-order valence-corrected chi connectivity index (χ4v) is 1.63. The molecular weight excluding hydrogens is 242 g/mol. The van der Waals surface area contributed by atoms with E-state index >= 15 is 0 Å². The van der Waals surface area contributed by atoms with Gasteiger partial charge < -0.3 is 15.4 Å². The number of benzene rings is 1. The maximum Gasteiger partial charge on any atom is 0.258 e. The first kappa shape index (κ1) is 13.4. The first-order chi connectivity index (χ1) is 9.28. The summed E-state index contributed by atoms with van der Waals surface area (Å²) in [7, 11) is 0. The predicted molar refractivity (Wildman–Crippen MR) is 70.4 cm³/mol. The van der Waals surface area contributed by atoms with Crippen LogP contribution in [0.1, 0.15) is 18.4 Å². The van der Waals surface area contributed by atoms with Gasteiger partial charge in [-0.3, -0.25) is 4.79 Å². The molecule has 0 bridgehead atoms.